The number of piperidine rings is 4. The molecule has 4 amide bonds. The van der Waals surface area contributed by atoms with E-state index in [4.69, 9.17) is 84.9 Å². The second-order valence-corrected chi connectivity index (χ2v) is 37.2. The molecule has 31 heteroatoms. The summed E-state index contributed by atoms with van der Waals surface area (Å²) in [5.74, 6) is 10.0. The maximum atomic E-state index is 12.2. The number of halogens is 1. The van der Waals surface area contributed by atoms with E-state index in [0.717, 1.165) is 281 Å². The standard InChI is InChI=1S/C27H35N5O3.C26H33N5O3.C25H30ClN5O2.C25H31N5O2/c1-4-26(33)31-11-9-19(10-12-31)23-16-24(32-13-14-34-17-18(32)3)30-27(29-23)21-15-25(35-5-2)28-22-8-6-7-20(21)22;1-4-25(32)30-10-8-18(9-11-30)22-15-23(31-12-13-34-16-17(31)2)29-26(28-22)20-14-24(33-3)27-21-7-5-6-19(20)21;1-3-24(32)30-9-7-17(8-10-30)21-14-23(31-11-12-33-15-16(31)2)29-25(28-21)19-13-22(26)27-20-6-4-5-18(19)20;1-3-24(31)29-11-8-18(9-12-29)22-15-23(30-13-14-32-16-17(30)2)28-25(27-22)20-7-10-26-21-6-4-5-19(20)21/h6-7,15-16,18-19H,4-5,8-14,17H2,1-3H3;5-6,14-15,17-18H,4,7-13,16H2,1-3H3;4-5,13-14,16-17H,3,6-12,15H2,1-2H3;4-5,7,10,15,17-18H,3,6,8-9,11-14,16H2,1-2H3/t18-;17-;16-;17-/m1111/s1. The molecule has 8 saturated heterocycles. The van der Waals surface area contributed by atoms with Gasteiger partial charge in [-0.15, -0.1) is 0 Å². The molecule has 8 aromatic heterocycles. The van der Waals surface area contributed by atoms with Crippen molar-refractivity contribution in [1.82, 2.24) is 79.4 Å². The molecule has 4 atom stereocenters. The fourth-order valence-electron chi connectivity index (χ4n) is 20.4. The number of hydrogen-bond acceptors (Lipinski definition) is 26. The molecule has 30 nitrogen and oxygen atoms in total. The maximum absolute atomic E-state index is 12.2. The van der Waals surface area contributed by atoms with Gasteiger partial charge in [0.15, 0.2) is 23.3 Å². The van der Waals surface area contributed by atoms with Crippen molar-refractivity contribution in [3.05, 3.63) is 152 Å². The Morgan fingerprint density at radius 1 is 0.358 bits per heavy atom. The highest BCUT2D eigenvalue weighted by molar-refractivity contribution is 6.29. The summed E-state index contributed by atoms with van der Waals surface area (Å²) in [6, 6.07) is 17.5. The number of carbonyl (C=O) groups excluding carboxylic acids is 4. The van der Waals surface area contributed by atoms with Crippen LogP contribution in [0.1, 0.15) is 231 Å². The fourth-order valence-corrected chi connectivity index (χ4v) is 20.6. The Morgan fingerprint density at radius 3 is 0.963 bits per heavy atom. The molecular weight excluding hydrogens is 1710 g/mol. The van der Waals surface area contributed by atoms with Crippen molar-refractivity contribution in [2.24, 2.45) is 0 Å². The lowest BCUT2D eigenvalue weighted by molar-refractivity contribution is -0.132. The van der Waals surface area contributed by atoms with Crippen molar-refractivity contribution in [3.63, 3.8) is 0 Å². The Kier molecular flexibility index (Phi) is 30.7. The molecule has 0 saturated carbocycles. The van der Waals surface area contributed by atoms with Gasteiger partial charge in [0.25, 0.3) is 0 Å². The van der Waals surface area contributed by atoms with Crippen LogP contribution in [-0.4, -0.2) is 272 Å². The number of morpholine rings is 4. The normalized spacial score (nSPS) is 20.7. The molecule has 4 aliphatic carbocycles. The van der Waals surface area contributed by atoms with Gasteiger partial charge in [-0.2, -0.15) is 0 Å². The van der Waals surface area contributed by atoms with Crippen LogP contribution in [0.4, 0.5) is 23.3 Å². The lowest BCUT2D eigenvalue weighted by atomic mass is 9.92. The zero-order valence-electron chi connectivity index (χ0n) is 79.5. The van der Waals surface area contributed by atoms with Crippen LogP contribution in [0, 0.1) is 0 Å². The highest BCUT2D eigenvalue weighted by Crippen LogP contribution is 2.43. The van der Waals surface area contributed by atoms with Crippen molar-refractivity contribution < 1.29 is 47.6 Å². The number of fused-ring (bicyclic) bond motifs is 4. The number of allylic oxidation sites excluding steroid dienone is 4. The van der Waals surface area contributed by atoms with Gasteiger partial charge in [0.05, 0.1) is 114 Å². The second-order valence-electron chi connectivity index (χ2n) is 36.8. The number of likely N-dealkylation sites (tertiary alicyclic amines) is 4. The third-order valence-electron chi connectivity index (χ3n) is 28.1. The number of ether oxygens (including phenoxy) is 6. The fraction of sp³-hybridized carbons (Fsp3) is 0.534. The van der Waals surface area contributed by atoms with Crippen LogP contribution in [0.2, 0.25) is 5.15 Å². The van der Waals surface area contributed by atoms with E-state index < -0.39 is 0 Å². The van der Waals surface area contributed by atoms with E-state index in [0.29, 0.717) is 137 Å². The third kappa shape index (κ3) is 21.5. The van der Waals surface area contributed by atoms with Crippen LogP contribution < -0.4 is 29.1 Å². The molecular formula is C103H129ClN20O10. The van der Waals surface area contributed by atoms with Gasteiger partial charge in [-0.05, 0) is 98.1 Å². The molecule has 8 aromatic rings. The van der Waals surface area contributed by atoms with E-state index in [9.17, 15) is 19.2 Å². The van der Waals surface area contributed by atoms with Crippen LogP contribution in [-0.2, 0) is 63.8 Å². The number of rotatable bonds is 19. The van der Waals surface area contributed by atoms with Gasteiger partial charge < -0.3 is 67.6 Å². The van der Waals surface area contributed by atoms with Crippen molar-refractivity contribution >= 4 is 82.8 Å². The van der Waals surface area contributed by atoms with E-state index in [1.165, 1.54) is 0 Å². The van der Waals surface area contributed by atoms with Gasteiger partial charge in [-0.1, -0.05) is 87.9 Å². The van der Waals surface area contributed by atoms with Gasteiger partial charge in [-0.3, -0.25) is 24.2 Å². The van der Waals surface area contributed by atoms with Crippen molar-refractivity contribution in [2.45, 2.75) is 213 Å². The Balaban J connectivity index is 0.000000124. The third-order valence-corrected chi connectivity index (χ3v) is 28.3. The summed E-state index contributed by atoms with van der Waals surface area (Å²) in [5, 5.41) is 0.467. The molecule has 0 aromatic carbocycles. The van der Waals surface area contributed by atoms with Gasteiger partial charge >= 0.3 is 0 Å². The summed E-state index contributed by atoms with van der Waals surface area (Å²) in [4.78, 5) is 125. The van der Waals surface area contributed by atoms with Crippen LogP contribution in [0.3, 0.4) is 0 Å². The molecule has 8 fully saturated rings. The summed E-state index contributed by atoms with van der Waals surface area (Å²) in [6.07, 6.45) is 31.7. The van der Waals surface area contributed by atoms with Crippen LogP contribution in [0.15, 0.2) is 79.0 Å². The molecule has 134 heavy (non-hydrogen) atoms. The predicted octanol–water partition coefficient (Wildman–Crippen LogP) is 14.9. The van der Waals surface area contributed by atoms with E-state index >= 15 is 0 Å². The summed E-state index contributed by atoms with van der Waals surface area (Å²) >= 11 is 6.38. The van der Waals surface area contributed by atoms with Gasteiger partial charge in [0.1, 0.15) is 28.4 Å². The molecule has 0 bridgehead atoms. The lowest BCUT2D eigenvalue weighted by Gasteiger charge is -2.35. The molecule has 708 valence electrons. The number of methoxy groups -OCH3 is 1. The summed E-state index contributed by atoms with van der Waals surface area (Å²) in [7, 11) is 1.64. The first kappa shape index (κ1) is 94.5. The van der Waals surface area contributed by atoms with E-state index in [2.05, 4.69) is 135 Å². The number of amides is 4. The topological polar surface area (TPSA) is 304 Å². The lowest BCUT2D eigenvalue weighted by Crippen LogP contribution is -2.44. The first-order valence-electron chi connectivity index (χ1n) is 48.9. The zero-order valence-corrected chi connectivity index (χ0v) is 80.3. The minimum absolute atomic E-state index is 0.230. The molecule has 0 radical (unpaired) electrons. The first-order valence-corrected chi connectivity index (χ1v) is 49.3. The molecule has 0 spiro atoms. The molecule has 12 aliphatic rings. The molecule has 0 unspecified atom stereocenters. The minimum Gasteiger partial charge on any atom is -0.481 e. The molecule has 0 N–H and O–H groups in total. The molecule has 20 rings (SSSR count). The average Bonchev–Trinajstić information content (AvgIpc) is 1.43. The molecule has 8 aliphatic heterocycles. The SMILES string of the molecule is CCC(=O)N1CCC(c2cc(N3CCOC[C@H]3C)nc(-c3cc(Cl)nc4c3C=CC4)n2)CC1.CCC(=O)N1CCC(c2cc(N3CCOC[C@H]3C)nc(-c3cc(OC)nc4c3C=CC4)n2)CC1.CCC(=O)N1CCC(c2cc(N3CCOC[C@H]3C)nc(-c3ccnc4c3C=CC4)n2)CC1.CCOc1cc(-c2nc(C3CCN(C(=O)CC)CC3)cc(N3CCOC[C@H]3C)n2)c2c(n1)CC=C2. The van der Waals surface area contributed by atoms with E-state index in [-0.39, 0.29) is 47.8 Å². The van der Waals surface area contributed by atoms with Gasteiger partial charge in [0.2, 0.25) is 35.4 Å². The number of anilines is 4. The molecule has 16 heterocycles. The van der Waals surface area contributed by atoms with Crippen molar-refractivity contribution in [3.8, 4) is 57.3 Å². The maximum Gasteiger partial charge on any atom is 0.222 e. The number of carbonyl (C=O) groups is 4. The Bertz CT molecular complexity index is 5680. The summed E-state index contributed by atoms with van der Waals surface area (Å²) in [5.41, 5.74) is 16.5. The Labute approximate surface area is 792 Å². The summed E-state index contributed by atoms with van der Waals surface area (Å²) in [6.45, 7) is 34.0. The van der Waals surface area contributed by atoms with E-state index in [1.54, 1.807) is 7.11 Å². The Morgan fingerprint density at radius 2 is 0.649 bits per heavy atom. The Hall–Kier alpha value is -11.3. The highest BCUT2D eigenvalue weighted by atomic mass is 35.5. The minimum atomic E-state index is 0.230. The average molecular weight is 1840 g/mol. The largest absolute Gasteiger partial charge is 0.481 e. The zero-order chi connectivity index (χ0) is 93.0. The van der Waals surface area contributed by atoms with Crippen LogP contribution in [0.5, 0.6) is 11.8 Å². The van der Waals surface area contributed by atoms with E-state index in [1.807, 2.05) is 84.7 Å². The van der Waals surface area contributed by atoms with Gasteiger partial charge in [0, 0.05) is 263 Å². The summed E-state index contributed by atoms with van der Waals surface area (Å²) < 4.78 is 34.0. The smallest absolute Gasteiger partial charge is 0.222 e. The van der Waals surface area contributed by atoms with Crippen LogP contribution in [0.25, 0.3) is 69.9 Å². The number of hydrogen-bond donors (Lipinski definition) is 0. The van der Waals surface area contributed by atoms with Crippen LogP contribution >= 0.6 is 11.6 Å². The quantitative estimate of drug-likeness (QED) is 0.0679. The monoisotopic (exact) mass is 1840 g/mol. The number of aromatic nitrogens is 12. The predicted molar refractivity (Wildman–Crippen MR) is 521 cm³/mol. The van der Waals surface area contributed by atoms with Crippen molar-refractivity contribution in [1.29, 1.82) is 0 Å². The second kappa shape index (κ2) is 43.6. The number of nitrogens with zero attached hydrogens (tertiary/aromatic N) is 20. The van der Waals surface area contributed by atoms with Crippen molar-refractivity contribution in [2.75, 3.05) is 165 Å². The first-order chi connectivity index (χ1) is 65.3. The highest BCUT2D eigenvalue weighted by Gasteiger charge is 2.36. The number of pyridine rings is 4. The van der Waals surface area contributed by atoms with Gasteiger partial charge in [-0.25, -0.2) is 54.8 Å².